The molecule has 5 heteroatoms. The predicted octanol–water partition coefficient (Wildman–Crippen LogP) is 3.24. The average Bonchev–Trinajstić information content (AvgIpc) is 2.36. The van der Waals surface area contributed by atoms with Crippen LogP contribution in [-0.4, -0.2) is 24.5 Å². The van der Waals surface area contributed by atoms with E-state index >= 15 is 0 Å². The van der Waals surface area contributed by atoms with E-state index in [-0.39, 0.29) is 5.52 Å². The van der Waals surface area contributed by atoms with Crippen molar-refractivity contribution in [3.8, 4) is 0 Å². The maximum atomic E-state index is 12.7. The summed E-state index contributed by atoms with van der Waals surface area (Å²) in [5, 5.41) is 0. The van der Waals surface area contributed by atoms with E-state index in [1.54, 1.807) is 14.2 Å². The molecule has 0 amide bonds. The quantitative estimate of drug-likeness (QED) is 0.637. The maximum absolute atomic E-state index is 12.7. The smallest absolute Gasteiger partial charge is 0.244 e. The average molecular weight is 288 g/mol. The molecule has 0 aromatic carbocycles. The van der Waals surface area contributed by atoms with Gasteiger partial charge in [0.15, 0.2) is 0 Å². The number of carbonyl (C=O) groups is 1. The second-order valence-electron chi connectivity index (χ2n) is 6.06. The Morgan fingerprint density at radius 2 is 1.50 bits per heavy atom. The van der Waals surface area contributed by atoms with Gasteiger partial charge in [0, 0.05) is 14.2 Å². The molecule has 3 nitrogen and oxygen atoms in total. The molecule has 4 fully saturated rings. The Morgan fingerprint density at radius 3 is 1.89 bits per heavy atom. The van der Waals surface area contributed by atoms with Crippen LogP contribution in [0.1, 0.15) is 32.1 Å². The van der Waals surface area contributed by atoms with Gasteiger partial charge < -0.3 is 9.05 Å². The van der Waals surface area contributed by atoms with Crippen LogP contribution in [0, 0.1) is 23.7 Å². The lowest BCUT2D eigenvalue weighted by molar-refractivity contribution is -0.124. The third-order valence-electron chi connectivity index (χ3n) is 5.22. The fraction of sp³-hybridized carbons (Fsp3) is 0.923. The molecule has 0 spiro atoms. The van der Waals surface area contributed by atoms with Gasteiger partial charge in [-0.2, -0.15) is 12.6 Å². The molecule has 4 rings (SSSR count). The zero-order valence-electron chi connectivity index (χ0n) is 11.0. The van der Waals surface area contributed by atoms with E-state index < -0.39 is 13.1 Å². The molecule has 18 heavy (non-hydrogen) atoms. The van der Waals surface area contributed by atoms with Crippen LogP contribution in [0.5, 0.6) is 0 Å². The molecule has 0 aromatic heterocycles. The van der Waals surface area contributed by atoms with Gasteiger partial charge in [-0.05, 0) is 55.8 Å². The van der Waals surface area contributed by atoms with E-state index in [1.165, 1.54) is 32.1 Å². The predicted molar refractivity (Wildman–Crippen MR) is 74.7 cm³/mol. The minimum Gasteiger partial charge on any atom is -0.332 e. The molecule has 4 aliphatic carbocycles. The van der Waals surface area contributed by atoms with Crippen molar-refractivity contribution in [1.82, 2.24) is 0 Å². The van der Waals surface area contributed by atoms with Gasteiger partial charge in [0.2, 0.25) is 13.9 Å². The van der Waals surface area contributed by atoms with Gasteiger partial charge in [-0.1, -0.05) is 0 Å². The Labute approximate surface area is 115 Å². The van der Waals surface area contributed by atoms with Crippen LogP contribution < -0.4 is 0 Å². The molecule has 0 N–H and O–H groups in total. The van der Waals surface area contributed by atoms with Crippen molar-refractivity contribution < 1.29 is 13.8 Å². The van der Waals surface area contributed by atoms with Gasteiger partial charge in [-0.15, -0.1) is 0 Å². The Morgan fingerprint density at radius 1 is 1.06 bits per heavy atom. The van der Waals surface area contributed by atoms with Crippen LogP contribution in [0.15, 0.2) is 0 Å². The monoisotopic (exact) mass is 288 g/mol. The van der Waals surface area contributed by atoms with Crippen LogP contribution in [-0.2, 0) is 13.8 Å². The summed E-state index contributed by atoms with van der Waals surface area (Å²) in [5.74, 6) is 2.58. The highest BCUT2D eigenvalue weighted by atomic mass is 32.1. The van der Waals surface area contributed by atoms with Crippen LogP contribution in [0.25, 0.3) is 0 Å². The highest BCUT2D eigenvalue weighted by Gasteiger charge is 2.60. The SMILES string of the molecule is COP(OC)C(=O)C1(S)C2CC3CC(C2)CC1C3. The molecule has 0 radical (unpaired) electrons. The number of carbonyl (C=O) groups excluding carboxylic acids is 1. The van der Waals surface area contributed by atoms with Crippen LogP contribution in [0.2, 0.25) is 0 Å². The Bertz CT molecular complexity index is 328. The highest BCUT2D eigenvalue weighted by Crippen LogP contribution is 2.63. The van der Waals surface area contributed by atoms with E-state index in [0.717, 1.165) is 11.8 Å². The van der Waals surface area contributed by atoms with Crippen molar-refractivity contribution in [3.63, 3.8) is 0 Å². The summed E-state index contributed by atoms with van der Waals surface area (Å²) in [7, 11) is 1.68. The Hall–Kier alpha value is 0.370. The lowest BCUT2D eigenvalue weighted by atomic mass is 9.51. The number of hydrogen-bond acceptors (Lipinski definition) is 4. The molecule has 0 atom stereocenters. The summed E-state index contributed by atoms with van der Waals surface area (Å²) in [6, 6.07) is 0. The summed E-state index contributed by atoms with van der Waals surface area (Å²) in [4.78, 5) is 12.7. The first-order valence-corrected chi connectivity index (χ1v) is 8.37. The third kappa shape index (κ3) is 1.80. The summed E-state index contributed by atoms with van der Waals surface area (Å²) in [6.07, 6.45) is 6.10. The van der Waals surface area contributed by atoms with Gasteiger partial charge in [0.25, 0.3) is 0 Å². The molecule has 0 unspecified atom stereocenters. The van der Waals surface area contributed by atoms with Crippen LogP contribution in [0.4, 0.5) is 0 Å². The minimum atomic E-state index is -1.43. The Kier molecular flexibility index (Phi) is 3.51. The first-order valence-electron chi connectivity index (χ1n) is 6.74. The molecule has 0 saturated heterocycles. The maximum Gasteiger partial charge on any atom is 0.244 e. The third-order valence-corrected chi connectivity index (χ3v) is 7.70. The molecule has 0 aliphatic heterocycles. The van der Waals surface area contributed by atoms with Crippen LogP contribution >= 0.6 is 21.0 Å². The molecule has 4 bridgehead atoms. The minimum absolute atomic E-state index is 0.111. The van der Waals surface area contributed by atoms with Crippen molar-refractivity contribution >= 4 is 26.5 Å². The number of hydrogen-bond donors (Lipinski definition) is 1. The van der Waals surface area contributed by atoms with Crippen molar-refractivity contribution in [2.75, 3.05) is 14.2 Å². The lowest BCUT2D eigenvalue weighted by Crippen LogP contribution is -2.58. The highest BCUT2D eigenvalue weighted by molar-refractivity contribution is 7.85. The second kappa shape index (κ2) is 4.73. The standard InChI is InChI=1S/C13H21O3PS/c1-15-17(16-2)12(14)13(18)10-4-8-3-9(6-10)7-11(13)5-8/h8-11,18H,3-7H2,1-2H3. The van der Waals surface area contributed by atoms with Gasteiger partial charge in [0.1, 0.15) is 0 Å². The largest absolute Gasteiger partial charge is 0.332 e. The normalized spacial score (nSPS) is 45.8. The summed E-state index contributed by atoms with van der Waals surface area (Å²) < 4.78 is 9.97. The fourth-order valence-corrected chi connectivity index (χ4v) is 6.44. The van der Waals surface area contributed by atoms with Gasteiger partial charge >= 0.3 is 0 Å². The van der Waals surface area contributed by atoms with Crippen molar-refractivity contribution in [2.45, 2.75) is 36.9 Å². The first kappa shape index (κ1) is 13.4. The lowest BCUT2D eigenvalue weighted by Gasteiger charge is -2.58. The van der Waals surface area contributed by atoms with E-state index in [1.807, 2.05) is 0 Å². The fourth-order valence-electron chi connectivity index (χ4n) is 4.64. The van der Waals surface area contributed by atoms with Gasteiger partial charge in [-0.25, -0.2) is 0 Å². The summed E-state index contributed by atoms with van der Waals surface area (Å²) in [6.45, 7) is 0. The van der Waals surface area contributed by atoms with Gasteiger partial charge in [0.05, 0.1) is 4.75 Å². The van der Waals surface area contributed by atoms with Crippen LogP contribution in [0.3, 0.4) is 0 Å². The Balaban J connectivity index is 1.87. The molecule has 4 aliphatic rings. The van der Waals surface area contributed by atoms with Crippen molar-refractivity contribution in [1.29, 1.82) is 0 Å². The number of rotatable bonds is 4. The van der Waals surface area contributed by atoms with E-state index in [0.29, 0.717) is 11.8 Å². The molecular formula is C13H21O3PS. The zero-order chi connectivity index (χ0) is 12.9. The molecule has 0 heterocycles. The molecule has 102 valence electrons. The zero-order valence-corrected chi connectivity index (χ0v) is 12.8. The van der Waals surface area contributed by atoms with E-state index in [9.17, 15) is 4.79 Å². The van der Waals surface area contributed by atoms with Gasteiger partial charge in [-0.3, -0.25) is 4.79 Å². The number of thiol groups is 1. The summed E-state index contributed by atoms with van der Waals surface area (Å²) >= 11 is 4.88. The van der Waals surface area contributed by atoms with E-state index in [2.05, 4.69) is 0 Å². The molecule has 4 saturated carbocycles. The van der Waals surface area contributed by atoms with E-state index in [4.69, 9.17) is 21.7 Å². The topological polar surface area (TPSA) is 35.5 Å². The summed E-state index contributed by atoms with van der Waals surface area (Å²) in [5.41, 5.74) is 0.111. The second-order valence-corrected chi connectivity index (χ2v) is 8.45. The first-order chi connectivity index (χ1) is 8.59. The molecule has 0 aromatic rings. The van der Waals surface area contributed by atoms with Crippen molar-refractivity contribution in [3.05, 3.63) is 0 Å². The van der Waals surface area contributed by atoms with Crippen molar-refractivity contribution in [2.24, 2.45) is 23.7 Å². The molecular weight excluding hydrogens is 267 g/mol.